The fourth-order valence-corrected chi connectivity index (χ4v) is 2.59. The number of hydroxylamine groups is 1. The minimum Gasteiger partial charge on any atom is -0.361 e. The van der Waals surface area contributed by atoms with Gasteiger partial charge in [-0.2, -0.15) is 0 Å². The van der Waals surface area contributed by atoms with Crippen LogP contribution in [0.4, 0.5) is 5.69 Å². The van der Waals surface area contributed by atoms with Gasteiger partial charge in [0.2, 0.25) is 0 Å². The molecule has 0 aliphatic carbocycles. The molecule has 6 heteroatoms. The molecule has 0 radical (unpaired) electrons. The predicted octanol–water partition coefficient (Wildman–Crippen LogP) is 3.14. The van der Waals surface area contributed by atoms with E-state index in [2.05, 4.69) is 31.4 Å². The Bertz CT molecular complexity index is 721. The number of hydrogen-bond acceptors (Lipinski definition) is 5. The number of aliphatic hydroxyl groups excluding tert-OH is 1. The molecule has 2 rings (SSSR count). The molecular formula is C20H27N3O3. The highest BCUT2D eigenvalue weighted by Gasteiger charge is 2.14. The maximum atomic E-state index is 11.3. The molecule has 2 atom stereocenters. The standard InChI is InChI=1S/C20H27N3O3/c1-13(14-5-7-15(8-6-14)18(24)23-26)21-19(25)22-17-11-9-16(10-12-17)20(2,3)4/h5-13,19,21-22,25-26H,1-4H3,(H,23,24). The van der Waals surface area contributed by atoms with Crippen LogP contribution in [0.5, 0.6) is 0 Å². The summed E-state index contributed by atoms with van der Waals surface area (Å²) < 4.78 is 0. The minimum atomic E-state index is -0.925. The van der Waals surface area contributed by atoms with Crippen LogP contribution in [0, 0.1) is 0 Å². The van der Waals surface area contributed by atoms with Crippen molar-refractivity contribution in [3.63, 3.8) is 0 Å². The molecule has 0 spiro atoms. The van der Waals surface area contributed by atoms with E-state index in [1.807, 2.05) is 31.2 Å². The molecule has 5 N–H and O–H groups in total. The summed E-state index contributed by atoms with van der Waals surface area (Å²) in [5, 5.41) is 24.9. The van der Waals surface area contributed by atoms with E-state index < -0.39 is 12.3 Å². The molecule has 0 saturated carbocycles. The summed E-state index contributed by atoms with van der Waals surface area (Å²) in [6, 6.07) is 14.6. The quantitative estimate of drug-likeness (QED) is 0.311. The molecule has 140 valence electrons. The van der Waals surface area contributed by atoms with Crippen LogP contribution >= 0.6 is 0 Å². The number of benzene rings is 2. The first kappa shape index (κ1) is 19.9. The lowest BCUT2D eigenvalue weighted by Crippen LogP contribution is -2.37. The fourth-order valence-electron chi connectivity index (χ4n) is 2.59. The molecule has 0 aromatic heterocycles. The van der Waals surface area contributed by atoms with Gasteiger partial charge in [-0.1, -0.05) is 45.0 Å². The van der Waals surface area contributed by atoms with Crippen LogP contribution < -0.4 is 16.1 Å². The van der Waals surface area contributed by atoms with Crippen LogP contribution in [0.15, 0.2) is 48.5 Å². The maximum Gasteiger partial charge on any atom is 0.274 e. The lowest BCUT2D eigenvalue weighted by Gasteiger charge is -2.22. The number of amides is 1. The topological polar surface area (TPSA) is 93.6 Å². The van der Waals surface area contributed by atoms with Gasteiger partial charge in [-0.15, -0.1) is 0 Å². The molecule has 0 aliphatic rings. The zero-order valence-electron chi connectivity index (χ0n) is 15.6. The van der Waals surface area contributed by atoms with Crippen molar-refractivity contribution in [1.82, 2.24) is 10.8 Å². The van der Waals surface area contributed by atoms with E-state index in [0.29, 0.717) is 5.56 Å². The largest absolute Gasteiger partial charge is 0.361 e. The summed E-state index contributed by atoms with van der Waals surface area (Å²) in [5.74, 6) is -0.558. The van der Waals surface area contributed by atoms with Gasteiger partial charge in [-0.3, -0.25) is 15.3 Å². The molecule has 2 aromatic carbocycles. The summed E-state index contributed by atoms with van der Waals surface area (Å²) in [7, 11) is 0. The van der Waals surface area contributed by atoms with E-state index in [1.54, 1.807) is 29.7 Å². The molecule has 2 aromatic rings. The molecule has 0 bridgehead atoms. The smallest absolute Gasteiger partial charge is 0.274 e. The highest BCUT2D eigenvalue weighted by molar-refractivity contribution is 5.93. The number of aliphatic hydroxyl groups is 1. The lowest BCUT2D eigenvalue weighted by molar-refractivity contribution is 0.0706. The minimum absolute atomic E-state index is 0.0863. The second kappa shape index (κ2) is 8.31. The third-order valence-electron chi connectivity index (χ3n) is 4.24. The molecular weight excluding hydrogens is 330 g/mol. The van der Waals surface area contributed by atoms with Gasteiger partial charge in [-0.05, 0) is 47.7 Å². The Labute approximate surface area is 154 Å². The molecule has 1 amide bonds. The molecule has 0 aliphatic heterocycles. The Morgan fingerprint density at radius 3 is 2.08 bits per heavy atom. The van der Waals surface area contributed by atoms with E-state index in [1.165, 1.54) is 5.56 Å². The highest BCUT2D eigenvalue weighted by Crippen LogP contribution is 2.23. The van der Waals surface area contributed by atoms with Crippen LogP contribution in [0.3, 0.4) is 0 Å². The van der Waals surface area contributed by atoms with Crippen molar-refractivity contribution >= 4 is 11.6 Å². The Morgan fingerprint density at radius 1 is 1.00 bits per heavy atom. The Kier molecular flexibility index (Phi) is 6.37. The zero-order chi connectivity index (χ0) is 19.3. The second-order valence-corrected chi connectivity index (χ2v) is 7.33. The lowest BCUT2D eigenvalue weighted by atomic mass is 9.87. The van der Waals surface area contributed by atoms with Crippen molar-refractivity contribution in [2.45, 2.75) is 45.5 Å². The average molecular weight is 357 g/mol. The number of anilines is 1. The predicted molar refractivity (Wildman–Crippen MR) is 102 cm³/mol. The van der Waals surface area contributed by atoms with E-state index in [0.717, 1.165) is 11.3 Å². The van der Waals surface area contributed by atoms with Crippen LogP contribution in [0.1, 0.15) is 55.2 Å². The summed E-state index contributed by atoms with van der Waals surface area (Å²) in [6.07, 6.45) is -0.925. The molecule has 6 nitrogen and oxygen atoms in total. The van der Waals surface area contributed by atoms with Crippen molar-refractivity contribution < 1.29 is 15.1 Å². The Balaban J connectivity index is 1.94. The molecule has 0 heterocycles. The van der Waals surface area contributed by atoms with Crippen molar-refractivity contribution in [1.29, 1.82) is 0 Å². The van der Waals surface area contributed by atoms with Crippen LogP contribution in [0.25, 0.3) is 0 Å². The molecule has 0 fully saturated rings. The number of nitrogens with one attached hydrogen (secondary N) is 3. The first-order valence-electron chi connectivity index (χ1n) is 8.56. The van der Waals surface area contributed by atoms with E-state index in [9.17, 15) is 9.90 Å². The zero-order valence-corrected chi connectivity index (χ0v) is 15.6. The van der Waals surface area contributed by atoms with E-state index in [4.69, 9.17) is 5.21 Å². The third kappa shape index (κ3) is 5.29. The summed E-state index contributed by atoms with van der Waals surface area (Å²) in [4.78, 5) is 11.3. The van der Waals surface area contributed by atoms with Gasteiger partial charge in [0.25, 0.3) is 5.91 Å². The fraction of sp³-hybridized carbons (Fsp3) is 0.350. The Hall–Kier alpha value is -2.41. The number of carbonyl (C=O) groups excluding carboxylic acids is 1. The second-order valence-electron chi connectivity index (χ2n) is 7.33. The van der Waals surface area contributed by atoms with Gasteiger partial charge in [0, 0.05) is 17.3 Å². The van der Waals surface area contributed by atoms with Gasteiger partial charge in [0.15, 0.2) is 6.35 Å². The third-order valence-corrected chi connectivity index (χ3v) is 4.24. The van der Waals surface area contributed by atoms with E-state index in [-0.39, 0.29) is 11.5 Å². The van der Waals surface area contributed by atoms with Gasteiger partial charge < -0.3 is 10.4 Å². The van der Waals surface area contributed by atoms with Crippen LogP contribution in [0.2, 0.25) is 0 Å². The van der Waals surface area contributed by atoms with Crippen molar-refractivity contribution in [2.75, 3.05) is 5.32 Å². The number of rotatable bonds is 6. The maximum absolute atomic E-state index is 11.3. The van der Waals surface area contributed by atoms with Crippen LogP contribution in [-0.4, -0.2) is 22.6 Å². The van der Waals surface area contributed by atoms with Gasteiger partial charge in [0.05, 0.1) is 0 Å². The van der Waals surface area contributed by atoms with Crippen LogP contribution in [-0.2, 0) is 5.41 Å². The summed E-state index contributed by atoms with van der Waals surface area (Å²) in [6.45, 7) is 8.38. The first-order chi connectivity index (χ1) is 12.2. The summed E-state index contributed by atoms with van der Waals surface area (Å²) >= 11 is 0. The van der Waals surface area contributed by atoms with Crippen molar-refractivity contribution in [3.8, 4) is 0 Å². The van der Waals surface area contributed by atoms with Gasteiger partial charge >= 0.3 is 0 Å². The van der Waals surface area contributed by atoms with Gasteiger partial charge in [-0.25, -0.2) is 5.48 Å². The van der Waals surface area contributed by atoms with Crippen molar-refractivity contribution in [2.24, 2.45) is 0 Å². The average Bonchev–Trinajstić information content (AvgIpc) is 2.60. The SMILES string of the molecule is CC(NC(O)Nc1ccc(C(C)(C)C)cc1)c1ccc(C(=O)NO)cc1. The normalized spacial score (nSPS) is 13.8. The molecule has 2 unspecified atom stereocenters. The number of hydrogen-bond donors (Lipinski definition) is 5. The number of carbonyl (C=O) groups is 1. The first-order valence-corrected chi connectivity index (χ1v) is 8.56. The van der Waals surface area contributed by atoms with Gasteiger partial charge in [0.1, 0.15) is 0 Å². The molecule has 0 saturated heterocycles. The van der Waals surface area contributed by atoms with Crippen molar-refractivity contribution in [3.05, 3.63) is 65.2 Å². The highest BCUT2D eigenvalue weighted by atomic mass is 16.5. The van der Waals surface area contributed by atoms with E-state index >= 15 is 0 Å². The summed E-state index contributed by atoms with van der Waals surface area (Å²) in [5.41, 5.74) is 5.00. The molecule has 26 heavy (non-hydrogen) atoms. The Morgan fingerprint density at radius 2 is 1.58 bits per heavy atom. The monoisotopic (exact) mass is 357 g/mol.